The molecule has 2 aliphatic rings. The van der Waals surface area contributed by atoms with E-state index in [0.717, 1.165) is 44.2 Å². The minimum Gasteiger partial charge on any atom is -0.261 e. The summed E-state index contributed by atoms with van der Waals surface area (Å²) in [6, 6.07) is -0.115. The molecule has 1 aromatic rings. The molecule has 3 rings (SSSR count). The largest absolute Gasteiger partial charge is 0.261 e. The van der Waals surface area contributed by atoms with Gasteiger partial charge in [0.1, 0.15) is 0 Å². The van der Waals surface area contributed by atoms with Gasteiger partial charge in [0.15, 0.2) is 0 Å². The zero-order valence-electron chi connectivity index (χ0n) is 11.6. The predicted octanol–water partition coefficient (Wildman–Crippen LogP) is 2.28. The quantitative estimate of drug-likeness (QED) is 0.858. The van der Waals surface area contributed by atoms with Gasteiger partial charge in [-0.05, 0) is 25.7 Å². The number of hydrogen-bond acceptors (Lipinski definition) is 4. The molecule has 110 valence electrons. The van der Waals surface area contributed by atoms with Crippen LogP contribution in [0.1, 0.15) is 56.7 Å². The zero-order chi connectivity index (χ0) is 14.0. The van der Waals surface area contributed by atoms with Gasteiger partial charge in [0.25, 0.3) is 0 Å². The first kappa shape index (κ1) is 13.9. The molecule has 1 aliphatic heterocycles. The van der Waals surface area contributed by atoms with Crippen LogP contribution in [-0.2, 0) is 10.0 Å². The summed E-state index contributed by atoms with van der Waals surface area (Å²) in [7, 11) is -3.19. The van der Waals surface area contributed by atoms with E-state index >= 15 is 0 Å². The SMILES string of the molecule is O=S(=O)(C1CCCCC1)N1CCC[C@@H]1c1cnccn1. The fourth-order valence-corrected chi connectivity index (χ4v) is 5.64. The maximum Gasteiger partial charge on any atom is 0.217 e. The molecule has 1 saturated carbocycles. The van der Waals surface area contributed by atoms with Gasteiger partial charge in [-0.25, -0.2) is 8.42 Å². The van der Waals surface area contributed by atoms with Crippen LogP contribution >= 0.6 is 0 Å². The minimum absolute atomic E-state index is 0.115. The maximum atomic E-state index is 12.8. The number of aromatic nitrogens is 2. The first-order valence-electron chi connectivity index (χ1n) is 7.46. The summed E-state index contributed by atoms with van der Waals surface area (Å²) in [5.41, 5.74) is 0.782. The highest BCUT2D eigenvalue weighted by atomic mass is 32.2. The van der Waals surface area contributed by atoms with E-state index in [1.807, 2.05) is 0 Å². The molecule has 20 heavy (non-hydrogen) atoms. The van der Waals surface area contributed by atoms with Crippen LogP contribution in [0.2, 0.25) is 0 Å². The van der Waals surface area contributed by atoms with E-state index in [0.29, 0.717) is 6.54 Å². The molecule has 6 heteroatoms. The third kappa shape index (κ3) is 2.59. The van der Waals surface area contributed by atoms with Crippen molar-refractivity contribution < 1.29 is 8.42 Å². The van der Waals surface area contributed by atoms with Crippen molar-refractivity contribution in [2.75, 3.05) is 6.54 Å². The Kier molecular flexibility index (Phi) is 4.03. The Hall–Kier alpha value is -1.01. The summed E-state index contributed by atoms with van der Waals surface area (Å²) in [4.78, 5) is 8.38. The molecule has 1 aliphatic carbocycles. The Labute approximate surface area is 120 Å². The molecule has 1 saturated heterocycles. The van der Waals surface area contributed by atoms with Gasteiger partial charge in [-0.1, -0.05) is 19.3 Å². The molecule has 2 fully saturated rings. The Morgan fingerprint density at radius 2 is 1.85 bits per heavy atom. The van der Waals surface area contributed by atoms with Gasteiger partial charge in [0.2, 0.25) is 10.0 Å². The summed E-state index contributed by atoms with van der Waals surface area (Å²) in [6.07, 6.45) is 11.6. The molecular formula is C14H21N3O2S. The van der Waals surface area contributed by atoms with Crippen molar-refractivity contribution in [2.45, 2.75) is 56.2 Å². The molecule has 0 aromatic carbocycles. The summed E-state index contributed by atoms with van der Waals surface area (Å²) in [6.45, 7) is 0.625. The van der Waals surface area contributed by atoms with E-state index < -0.39 is 10.0 Å². The van der Waals surface area contributed by atoms with Crippen LogP contribution < -0.4 is 0 Å². The van der Waals surface area contributed by atoms with E-state index in [-0.39, 0.29) is 11.3 Å². The van der Waals surface area contributed by atoms with Crippen LogP contribution in [0.5, 0.6) is 0 Å². The molecule has 2 heterocycles. The van der Waals surface area contributed by atoms with Gasteiger partial charge in [-0.15, -0.1) is 0 Å². The average molecular weight is 295 g/mol. The highest BCUT2D eigenvalue weighted by Crippen LogP contribution is 2.37. The highest BCUT2D eigenvalue weighted by molar-refractivity contribution is 7.89. The Morgan fingerprint density at radius 1 is 1.05 bits per heavy atom. The number of sulfonamides is 1. The van der Waals surface area contributed by atoms with E-state index in [2.05, 4.69) is 9.97 Å². The van der Waals surface area contributed by atoms with Crippen LogP contribution in [0, 0.1) is 0 Å². The van der Waals surface area contributed by atoms with Crippen molar-refractivity contribution in [1.29, 1.82) is 0 Å². The molecular weight excluding hydrogens is 274 g/mol. The average Bonchev–Trinajstić information content (AvgIpc) is 2.99. The molecule has 0 bridgehead atoms. The summed E-state index contributed by atoms with van der Waals surface area (Å²) < 4.78 is 27.4. The van der Waals surface area contributed by atoms with E-state index in [9.17, 15) is 8.42 Å². The zero-order valence-corrected chi connectivity index (χ0v) is 12.4. The van der Waals surface area contributed by atoms with Gasteiger partial charge in [0.05, 0.1) is 23.2 Å². The summed E-state index contributed by atoms with van der Waals surface area (Å²) in [5.74, 6) is 0. The van der Waals surface area contributed by atoms with Crippen molar-refractivity contribution in [2.24, 2.45) is 0 Å². The lowest BCUT2D eigenvalue weighted by atomic mass is 10.0. The first-order valence-corrected chi connectivity index (χ1v) is 8.96. The number of hydrogen-bond donors (Lipinski definition) is 0. The van der Waals surface area contributed by atoms with Crippen molar-refractivity contribution >= 4 is 10.0 Å². The maximum absolute atomic E-state index is 12.8. The smallest absolute Gasteiger partial charge is 0.217 e. The Bertz CT molecular complexity index is 541. The van der Waals surface area contributed by atoms with Gasteiger partial charge in [-0.2, -0.15) is 4.31 Å². The van der Waals surface area contributed by atoms with Crippen molar-refractivity contribution in [3.63, 3.8) is 0 Å². The predicted molar refractivity (Wildman–Crippen MR) is 76.5 cm³/mol. The topological polar surface area (TPSA) is 63.2 Å². The van der Waals surface area contributed by atoms with Gasteiger partial charge in [0, 0.05) is 18.9 Å². The van der Waals surface area contributed by atoms with Crippen molar-refractivity contribution in [3.8, 4) is 0 Å². The summed E-state index contributed by atoms with van der Waals surface area (Å²) in [5, 5.41) is -0.187. The summed E-state index contributed by atoms with van der Waals surface area (Å²) >= 11 is 0. The van der Waals surface area contributed by atoms with Crippen LogP contribution in [0.25, 0.3) is 0 Å². The second-order valence-electron chi connectivity index (χ2n) is 5.70. The molecule has 0 N–H and O–H groups in total. The number of rotatable bonds is 3. The second kappa shape index (κ2) is 5.77. The van der Waals surface area contributed by atoms with Crippen LogP contribution in [0.3, 0.4) is 0 Å². The highest BCUT2D eigenvalue weighted by Gasteiger charge is 2.40. The minimum atomic E-state index is -3.19. The third-order valence-electron chi connectivity index (χ3n) is 4.43. The monoisotopic (exact) mass is 295 g/mol. The Morgan fingerprint density at radius 3 is 2.55 bits per heavy atom. The van der Waals surface area contributed by atoms with Crippen LogP contribution in [-0.4, -0.2) is 34.5 Å². The Balaban J connectivity index is 1.84. The first-order chi connectivity index (χ1) is 9.69. The molecule has 0 amide bonds. The number of nitrogens with zero attached hydrogens (tertiary/aromatic N) is 3. The molecule has 0 radical (unpaired) electrons. The standard InChI is InChI=1S/C14H21N3O2S/c18-20(19,12-5-2-1-3-6-12)17-10-4-7-14(17)13-11-15-8-9-16-13/h8-9,11-12,14H,1-7,10H2/t14-/m1/s1. The molecule has 0 unspecified atom stereocenters. The van der Waals surface area contributed by atoms with E-state index in [4.69, 9.17) is 0 Å². The molecule has 5 nitrogen and oxygen atoms in total. The lowest BCUT2D eigenvalue weighted by Gasteiger charge is -2.30. The molecule has 0 spiro atoms. The van der Waals surface area contributed by atoms with Gasteiger partial charge < -0.3 is 0 Å². The fraction of sp³-hybridized carbons (Fsp3) is 0.714. The van der Waals surface area contributed by atoms with E-state index in [1.165, 1.54) is 6.42 Å². The van der Waals surface area contributed by atoms with E-state index in [1.54, 1.807) is 22.9 Å². The van der Waals surface area contributed by atoms with Crippen LogP contribution in [0.15, 0.2) is 18.6 Å². The second-order valence-corrected chi connectivity index (χ2v) is 7.87. The third-order valence-corrected chi connectivity index (χ3v) is 6.83. The fourth-order valence-electron chi connectivity index (χ4n) is 3.38. The van der Waals surface area contributed by atoms with Gasteiger partial charge >= 0.3 is 0 Å². The molecule has 1 aromatic heterocycles. The lowest BCUT2D eigenvalue weighted by Crippen LogP contribution is -2.39. The van der Waals surface area contributed by atoms with Gasteiger partial charge in [-0.3, -0.25) is 9.97 Å². The lowest BCUT2D eigenvalue weighted by molar-refractivity contribution is 0.369. The van der Waals surface area contributed by atoms with Crippen molar-refractivity contribution in [1.82, 2.24) is 14.3 Å². The van der Waals surface area contributed by atoms with Crippen molar-refractivity contribution in [3.05, 3.63) is 24.3 Å². The normalized spacial score (nSPS) is 25.9. The van der Waals surface area contributed by atoms with Crippen LogP contribution in [0.4, 0.5) is 0 Å². The molecule has 1 atom stereocenters.